The van der Waals surface area contributed by atoms with E-state index in [1.807, 2.05) is 31.2 Å². The van der Waals surface area contributed by atoms with Gasteiger partial charge in [0.05, 0.1) is 6.42 Å². The molecule has 0 aliphatic heterocycles. The van der Waals surface area contributed by atoms with Crippen LogP contribution < -0.4 is 5.32 Å². The molecule has 1 atom stereocenters. The van der Waals surface area contributed by atoms with Crippen molar-refractivity contribution in [3.63, 3.8) is 0 Å². The molecule has 0 heterocycles. The lowest BCUT2D eigenvalue weighted by Gasteiger charge is -2.27. The third-order valence-electron chi connectivity index (χ3n) is 2.99. The second-order valence-corrected chi connectivity index (χ2v) is 5.34. The first-order valence-electron chi connectivity index (χ1n) is 6.45. The van der Waals surface area contributed by atoms with E-state index in [4.69, 9.17) is 5.11 Å². The fraction of sp³-hybridized carbons (Fsp3) is 0.429. The molecule has 20 heavy (non-hydrogen) atoms. The van der Waals surface area contributed by atoms with Crippen molar-refractivity contribution >= 4 is 27.9 Å². The van der Waals surface area contributed by atoms with Crippen molar-refractivity contribution in [2.75, 3.05) is 6.54 Å². The van der Waals surface area contributed by atoms with E-state index in [1.165, 1.54) is 4.90 Å². The molecule has 0 saturated heterocycles. The van der Waals surface area contributed by atoms with Gasteiger partial charge in [-0.1, -0.05) is 34.1 Å². The molecule has 0 aromatic heterocycles. The molecule has 0 spiro atoms. The van der Waals surface area contributed by atoms with Gasteiger partial charge in [0.25, 0.3) is 0 Å². The van der Waals surface area contributed by atoms with Crippen LogP contribution in [-0.2, 0) is 11.3 Å². The third-order valence-corrected chi connectivity index (χ3v) is 3.77. The van der Waals surface area contributed by atoms with E-state index in [-0.39, 0.29) is 18.5 Å². The highest BCUT2D eigenvalue weighted by Crippen LogP contribution is 2.15. The summed E-state index contributed by atoms with van der Waals surface area (Å²) in [4.78, 5) is 24.3. The van der Waals surface area contributed by atoms with Crippen LogP contribution in [0, 0.1) is 0 Å². The van der Waals surface area contributed by atoms with Gasteiger partial charge in [0, 0.05) is 23.6 Å². The minimum atomic E-state index is -0.908. The second kappa shape index (κ2) is 7.89. The van der Waals surface area contributed by atoms with Gasteiger partial charge in [-0.3, -0.25) is 4.79 Å². The maximum absolute atomic E-state index is 12.1. The Hall–Kier alpha value is -1.56. The number of hydrogen-bond acceptors (Lipinski definition) is 2. The maximum Gasteiger partial charge on any atom is 0.317 e. The lowest BCUT2D eigenvalue weighted by atomic mass is 10.2. The smallest absolute Gasteiger partial charge is 0.317 e. The summed E-state index contributed by atoms with van der Waals surface area (Å²) in [5.41, 5.74) is 0.975. The molecule has 0 bridgehead atoms. The van der Waals surface area contributed by atoms with Gasteiger partial charge in [-0.25, -0.2) is 4.79 Å². The highest BCUT2D eigenvalue weighted by molar-refractivity contribution is 9.10. The first kappa shape index (κ1) is 16.5. The van der Waals surface area contributed by atoms with Gasteiger partial charge >= 0.3 is 12.0 Å². The summed E-state index contributed by atoms with van der Waals surface area (Å²) >= 11 is 3.42. The number of carbonyl (C=O) groups is 2. The van der Waals surface area contributed by atoms with Gasteiger partial charge in [-0.15, -0.1) is 0 Å². The van der Waals surface area contributed by atoms with Crippen molar-refractivity contribution in [2.24, 2.45) is 0 Å². The summed E-state index contributed by atoms with van der Waals surface area (Å²) in [7, 11) is 0. The van der Waals surface area contributed by atoms with Gasteiger partial charge in [-0.05, 0) is 25.5 Å². The molecular formula is C14H19BrN2O3. The van der Waals surface area contributed by atoms with Crippen LogP contribution >= 0.6 is 15.9 Å². The van der Waals surface area contributed by atoms with E-state index in [2.05, 4.69) is 21.2 Å². The Morgan fingerprint density at radius 2 is 2.05 bits per heavy atom. The summed E-state index contributed by atoms with van der Waals surface area (Å²) in [5, 5.41) is 11.6. The average Bonchev–Trinajstić information content (AvgIpc) is 2.37. The van der Waals surface area contributed by atoms with E-state index in [0.717, 1.165) is 10.0 Å². The third kappa shape index (κ3) is 4.85. The monoisotopic (exact) mass is 342 g/mol. The van der Waals surface area contributed by atoms with E-state index >= 15 is 0 Å². The topological polar surface area (TPSA) is 69.6 Å². The molecule has 1 unspecified atom stereocenters. The summed E-state index contributed by atoms with van der Waals surface area (Å²) in [6, 6.07) is 7.04. The van der Waals surface area contributed by atoms with E-state index < -0.39 is 5.97 Å². The number of hydrogen-bond donors (Lipinski definition) is 2. The first-order chi connectivity index (χ1) is 9.45. The molecule has 110 valence electrons. The summed E-state index contributed by atoms with van der Waals surface area (Å²) < 4.78 is 0.932. The molecule has 0 saturated carbocycles. The predicted molar refractivity (Wildman–Crippen MR) is 80.5 cm³/mol. The maximum atomic E-state index is 12.1. The van der Waals surface area contributed by atoms with Crippen LogP contribution in [0.15, 0.2) is 28.7 Å². The van der Waals surface area contributed by atoms with Crippen LogP contribution in [-0.4, -0.2) is 34.6 Å². The van der Waals surface area contributed by atoms with Gasteiger partial charge in [0.2, 0.25) is 0 Å². The SMILES string of the molecule is CCN(C(=O)NCc1ccccc1Br)C(C)CC(=O)O. The number of rotatable bonds is 6. The van der Waals surface area contributed by atoms with Crippen LogP contribution in [0.4, 0.5) is 4.79 Å². The zero-order chi connectivity index (χ0) is 15.1. The van der Waals surface area contributed by atoms with Gasteiger partial charge in [0.15, 0.2) is 0 Å². The molecule has 1 rings (SSSR count). The summed E-state index contributed by atoms with van der Waals surface area (Å²) in [5.74, 6) is -0.908. The van der Waals surface area contributed by atoms with E-state index in [0.29, 0.717) is 13.1 Å². The Morgan fingerprint density at radius 3 is 2.60 bits per heavy atom. The lowest BCUT2D eigenvalue weighted by molar-refractivity contribution is -0.138. The zero-order valence-corrected chi connectivity index (χ0v) is 13.2. The fourth-order valence-corrected chi connectivity index (χ4v) is 2.36. The number of halogens is 1. The Bertz CT molecular complexity index is 479. The molecule has 5 nitrogen and oxygen atoms in total. The van der Waals surface area contributed by atoms with Crippen molar-refractivity contribution in [3.05, 3.63) is 34.3 Å². The molecule has 1 aromatic rings. The van der Waals surface area contributed by atoms with Crippen LogP contribution in [0.2, 0.25) is 0 Å². The largest absolute Gasteiger partial charge is 0.481 e. The van der Waals surface area contributed by atoms with Gasteiger partial charge < -0.3 is 15.3 Å². The number of amides is 2. The number of carboxylic acids is 1. The minimum absolute atomic E-state index is 0.0592. The van der Waals surface area contributed by atoms with Gasteiger partial charge in [0.1, 0.15) is 0 Å². The number of carbonyl (C=O) groups excluding carboxylic acids is 1. The van der Waals surface area contributed by atoms with Crippen molar-refractivity contribution in [3.8, 4) is 0 Å². The highest BCUT2D eigenvalue weighted by atomic mass is 79.9. The number of aliphatic carboxylic acids is 1. The number of urea groups is 1. The molecule has 0 radical (unpaired) electrons. The highest BCUT2D eigenvalue weighted by Gasteiger charge is 2.20. The van der Waals surface area contributed by atoms with E-state index in [1.54, 1.807) is 6.92 Å². The molecular weight excluding hydrogens is 324 g/mol. The minimum Gasteiger partial charge on any atom is -0.481 e. The quantitative estimate of drug-likeness (QED) is 0.835. The van der Waals surface area contributed by atoms with E-state index in [9.17, 15) is 9.59 Å². The normalized spacial score (nSPS) is 11.8. The van der Waals surface area contributed by atoms with Crippen LogP contribution in [0.5, 0.6) is 0 Å². The Kier molecular flexibility index (Phi) is 6.51. The zero-order valence-electron chi connectivity index (χ0n) is 11.6. The molecule has 2 N–H and O–H groups in total. The van der Waals surface area contributed by atoms with Crippen molar-refractivity contribution in [1.82, 2.24) is 10.2 Å². The van der Waals surface area contributed by atoms with Crippen molar-refractivity contribution in [2.45, 2.75) is 32.9 Å². The standard InChI is InChI=1S/C14H19BrN2O3/c1-3-17(10(2)8-13(18)19)14(20)16-9-11-6-4-5-7-12(11)15/h4-7,10H,3,8-9H2,1-2H3,(H,16,20)(H,18,19). The Labute approximate surface area is 127 Å². The number of nitrogens with one attached hydrogen (secondary N) is 1. The average molecular weight is 343 g/mol. The van der Waals surface area contributed by atoms with Gasteiger partial charge in [-0.2, -0.15) is 0 Å². The lowest BCUT2D eigenvalue weighted by Crippen LogP contribution is -2.45. The molecule has 6 heteroatoms. The number of nitrogens with zero attached hydrogens (tertiary/aromatic N) is 1. The predicted octanol–water partition coefficient (Wildman–Crippen LogP) is 2.84. The second-order valence-electron chi connectivity index (χ2n) is 4.48. The number of carboxylic acid groups (broad SMARTS) is 1. The summed E-state index contributed by atoms with van der Waals surface area (Å²) in [6.45, 7) is 4.43. The van der Waals surface area contributed by atoms with Crippen molar-refractivity contribution in [1.29, 1.82) is 0 Å². The first-order valence-corrected chi connectivity index (χ1v) is 7.24. The molecule has 0 aliphatic rings. The molecule has 2 amide bonds. The summed E-state index contributed by atoms with van der Waals surface area (Å²) in [6.07, 6.45) is -0.0592. The number of benzene rings is 1. The fourth-order valence-electron chi connectivity index (χ4n) is 1.93. The van der Waals surface area contributed by atoms with Crippen LogP contribution in [0.25, 0.3) is 0 Å². The van der Waals surface area contributed by atoms with Crippen LogP contribution in [0.1, 0.15) is 25.8 Å². The molecule has 0 fully saturated rings. The van der Waals surface area contributed by atoms with Crippen LogP contribution in [0.3, 0.4) is 0 Å². The molecule has 1 aromatic carbocycles. The Morgan fingerprint density at radius 1 is 1.40 bits per heavy atom. The molecule has 0 aliphatic carbocycles. The van der Waals surface area contributed by atoms with Crippen molar-refractivity contribution < 1.29 is 14.7 Å². The Balaban J connectivity index is 2.60.